The highest BCUT2D eigenvalue weighted by Gasteiger charge is 2.34. The number of carbonyl (C=O) groups is 1. The monoisotopic (exact) mass is 437 g/mol. The van der Waals surface area contributed by atoms with Gasteiger partial charge in [-0.1, -0.05) is 36.4 Å². The molecule has 1 fully saturated rings. The van der Waals surface area contributed by atoms with Gasteiger partial charge >= 0.3 is 0 Å². The maximum absolute atomic E-state index is 12.9. The van der Waals surface area contributed by atoms with Crippen molar-refractivity contribution in [1.29, 1.82) is 0 Å². The third-order valence-electron chi connectivity index (χ3n) is 6.01. The lowest BCUT2D eigenvalue weighted by molar-refractivity contribution is 0.0764. The fraction of sp³-hybridized carbons (Fsp3) is 0.333. The summed E-state index contributed by atoms with van der Waals surface area (Å²) in [5.41, 5.74) is 4.19. The number of nitrogens with zero attached hydrogens (tertiary/aromatic N) is 3. The lowest BCUT2D eigenvalue weighted by Crippen LogP contribution is -2.37. The summed E-state index contributed by atoms with van der Waals surface area (Å²) in [7, 11) is -3.76. The zero-order chi connectivity index (χ0) is 22.2. The molecule has 31 heavy (non-hydrogen) atoms. The fourth-order valence-electron chi connectivity index (χ4n) is 4.16. The molecule has 0 N–H and O–H groups in total. The van der Waals surface area contributed by atoms with Crippen LogP contribution in [0.15, 0.2) is 58.5 Å². The van der Waals surface area contributed by atoms with E-state index < -0.39 is 10.0 Å². The van der Waals surface area contributed by atoms with Crippen LogP contribution in [0.2, 0.25) is 0 Å². The number of amidine groups is 1. The van der Waals surface area contributed by atoms with Gasteiger partial charge in [0, 0.05) is 37.3 Å². The van der Waals surface area contributed by atoms with Crippen LogP contribution in [-0.4, -0.2) is 56.1 Å². The van der Waals surface area contributed by atoms with Crippen molar-refractivity contribution in [2.45, 2.75) is 27.2 Å². The first-order valence-electron chi connectivity index (χ1n) is 10.5. The van der Waals surface area contributed by atoms with Crippen molar-refractivity contribution in [3.05, 3.63) is 76.4 Å². The van der Waals surface area contributed by atoms with E-state index in [4.69, 9.17) is 0 Å². The molecule has 0 radical (unpaired) electrons. The van der Waals surface area contributed by atoms with Crippen LogP contribution < -0.4 is 0 Å². The van der Waals surface area contributed by atoms with Gasteiger partial charge in [-0.3, -0.25) is 4.79 Å². The number of carbonyl (C=O) groups excluding carboxylic acids is 1. The van der Waals surface area contributed by atoms with Crippen molar-refractivity contribution in [3.63, 3.8) is 0 Å². The van der Waals surface area contributed by atoms with E-state index in [1.165, 1.54) is 0 Å². The first-order valence-corrected chi connectivity index (χ1v) is 11.9. The lowest BCUT2D eigenvalue weighted by Gasteiger charge is -2.23. The topological polar surface area (TPSA) is 70.1 Å². The predicted molar refractivity (Wildman–Crippen MR) is 123 cm³/mol. The molecule has 0 atom stereocenters. The van der Waals surface area contributed by atoms with E-state index in [1.807, 2.05) is 79.1 Å². The largest absolute Gasteiger partial charge is 0.354 e. The van der Waals surface area contributed by atoms with Crippen molar-refractivity contribution in [2.24, 2.45) is 4.40 Å². The Morgan fingerprint density at radius 3 is 2.35 bits per heavy atom. The minimum absolute atomic E-state index is 0.00603. The Morgan fingerprint density at radius 2 is 1.65 bits per heavy atom. The second-order valence-corrected chi connectivity index (χ2v) is 9.68. The van der Waals surface area contributed by atoms with Gasteiger partial charge in [-0.25, -0.2) is 0 Å². The number of hydrogen-bond acceptors (Lipinski definition) is 4. The first-order chi connectivity index (χ1) is 14.8. The van der Waals surface area contributed by atoms with Gasteiger partial charge in [0.2, 0.25) is 0 Å². The zero-order valence-corrected chi connectivity index (χ0v) is 18.9. The zero-order valence-electron chi connectivity index (χ0n) is 18.1. The average Bonchev–Trinajstić information content (AvgIpc) is 2.90. The van der Waals surface area contributed by atoms with Crippen molar-refractivity contribution < 1.29 is 13.2 Å². The van der Waals surface area contributed by atoms with E-state index in [-0.39, 0.29) is 10.8 Å². The molecule has 2 heterocycles. The molecule has 6 nitrogen and oxygen atoms in total. The molecule has 0 bridgehead atoms. The number of benzene rings is 2. The summed E-state index contributed by atoms with van der Waals surface area (Å²) in [6.07, 6.45) is 0.754. The van der Waals surface area contributed by atoms with Gasteiger partial charge in [0.1, 0.15) is 10.7 Å². The minimum Gasteiger partial charge on any atom is -0.354 e. The van der Waals surface area contributed by atoms with Crippen LogP contribution in [0, 0.1) is 13.8 Å². The number of aryl methyl sites for hydroxylation is 2. The van der Waals surface area contributed by atoms with Crippen molar-refractivity contribution in [2.75, 3.05) is 26.2 Å². The number of hydrogen-bond donors (Lipinski definition) is 0. The number of rotatable bonds is 2. The molecule has 1 amide bonds. The van der Waals surface area contributed by atoms with Crippen LogP contribution >= 0.6 is 0 Å². The molecule has 1 saturated heterocycles. The van der Waals surface area contributed by atoms with Crippen LogP contribution in [-0.2, 0) is 10.0 Å². The summed E-state index contributed by atoms with van der Waals surface area (Å²) in [6.45, 7) is 8.17. The molecule has 0 aromatic heterocycles. The summed E-state index contributed by atoms with van der Waals surface area (Å²) in [4.78, 5) is 16.9. The van der Waals surface area contributed by atoms with E-state index in [1.54, 1.807) is 0 Å². The van der Waals surface area contributed by atoms with Crippen LogP contribution in [0.1, 0.15) is 40.4 Å². The minimum atomic E-state index is -3.76. The SMILES string of the molecule is CC1=C(c2ccc(C)c(C)c2)S(=O)(=O)N=C1N1CCCN(C(=O)c2ccccc2)CC1. The molecule has 0 unspecified atom stereocenters. The first kappa shape index (κ1) is 21.3. The number of sulfonamides is 1. The van der Waals surface area contributed by atoms with Crippen molar-refractivity contribution >= 4 is 26.7 Å². The third kappa shape index (κ3) is 4.14. The van der Waals surface area contributed by atoms with Gasteiger partial charge in [-0.05, 0) is 56.0 Å². The lowest BCUT2D eigenvalue weighted by atomic mass is 10.0. The molecule has 2 aliphatic heterocycles. The van der Waals surface area contributed by atoms with Gasteiger partial charge < -0.3 is 9.80 Å². The molecular weight excluding hydrogens is 410 g/mol. The summed E-state index contributed by atoms with van der Waals surface area (Å²) in [5.74, 6) is 0.508. The van der Waals surface area contributed by atoms with Gasteiger partial charge in [-0.2, -0.15) is 8.42 Å². The Bertz CT molecular complexity index is 1180. The van der Waals surface area contributed by atoms with Crippen LogP contribution in [0.25, 0.3) is 4.91 Å². The molecule has 2 aromatic rings. The van der Waals surface area contributed by atoms with Crippen molar-refractivity contribution in [1.82, 2.24) is 9.80 Å². The fourth-order valence-corrected chi connectivity index (χ4v) is 5.64. The molecule has 4 rings (SSSR count). The average molecular weight is 438 g/mol. The molecule has 0 aliphatic carbocycles. The van der Waals surface area contributed by atoms with E-state index >= 15 is 0 Å². The van der Waals surface area contributed by atoms with Gasteiger partial charge in [0.15, 0.2) is 0 Å². The quantitative estimate of drug-likeness (QED) is 0.720. The normalized spacial score (nSPS) is 18.7. The van der Waals surface area contributed by atoms with Crippen molar-refractivity contribution in [3.8, 4) is 0 Å². The maximum atomic E-state index is 12.9. The van der Waals surface area contributed by atoms with E-state index in [9.17, 15) is 13.2 Å². The summed E-state index contributed by atoms with van der Waals surface area (Å²) in [5, 5.41) is 0. The summed E-state index contributed by atoms with van der Waals surface area (Å²) < 4.78 is 30.0. The Morgan fingerprint density at radius 1 is 0.903 bits per heavy atom. The molecule has 162 valence electrons. The predicted octanol–water partition coefficient (Wildman–Crippen LogP) is 3.62. The molecule has 0 saturated carbocycles. The van der Waals surface area contributed by atoms with E-state index in [0.29, 0.717) is 48.7 Å². The molecule has 2 aliphatic rings. The van der Waals surface area contributed by atoms with Crippen LogP contribution in [0.5, 0.6) is 0 Å². The van der Waals surface area contributed by atoms with Crippen LogP contribution in [0.3, 0.4) is 0 Å². The van der Waals surface area contributed by atoms with E-state index in [0.717, 1.165) is 17.5 Å². The second-order valence-electron chi connectivity index (χ2n) is 8.14. The Labute approximate surface area is 184 Å². The standard InChI is InChI=1S/C24H27N3O3S/c1-17-10-11-21(16-18(17)2)22-19(3)23(25-31(22,29)30)26-12-7-13-27(15-14-26)24(28)20-8-5-4-6-9-20/h4-6,8-11,16H,7,12-15H2,1-3H3. The highest BCUT2D eigenvalue weighted by molar-refractivity contribution is 8.00. The number of amides is 1. The highest BCUT2D eigenvalue weighted by Crippen LogP contribution is 2.34. The van der Waals surface area contributed by atoms with E-state index in [2.05, 4.69) is 4.40 Å². The summed E-state index contributed by atoms with van der Waals surface area (Å²) >= 11 is 0. The van der Waals surface area contributed by atoms with Gasteiger partial charge in [0.05, 0.1) is 0 Å². The highest BCUT2D eigenvalue weighted by atomic mass is 32.2. The molecular formula is C24H27N3O3S. The second kappa shape index (κ2) is 8.30. The third-order valence-corrected chi connectivity index (χ3v) is 7.48. The van der Waals surface area contributed by atoms with Crippen LogP contribution in [0.4, 0.5) is 0 Å². The Kier molecular flexibility index (Phi) is 5.71. The maximum Gasteiger partial charge on any atom is 0.285 e. The Hall–Kier alpha value is -2.93. The molecule has 2 aromatic carbocycles. The Balaban J connectivity index is 1.57. The molecule has 7 heteroatoms. The molecule has 0 spiro atoms. The summed E-state index contributed by atoms with van der Waals surface area (Å²) in [6, 6.07) is 14.9. The van der Waals surface area contributed by atoms with Gasteiger partial charge in [-0.15, -0.1) is 4.40 Å². The van der Waals surface area contributed by atoms with Gasteiger partial charge in [0.25, 0.3) is 15.9 Å². The smallest absolute Gasteiger partial charge is 0.285 e.